The highest BCUT2D eigenvalue weighted by atomic mass is 16.6. The summed E-state index contributed by atoms with van der Waals surface area (Å²) in [6.07, 6.45) is 1.29. The van der Waals surface area contributed by atoms with Crippen LogP contribution in [0.3, 0.4) is 0 Å². The second-order valence-electron chi connectivity index (χ2n) is 5.87. The third-order valence-electron chi connectivity index (χ3n) is 4.59. The van der Waals surface area contributed by atoms with E-state index in [9.17, 15) is 4.79 Å². The van der Waals surface area contributed by atoms with E-state index in [0.29, 0.717) is 18.8 Å². The Kier molecular flexibility index (Phi) is 5.08. The third kappa shape index (κ3) is 3.00. The van der Waals surface area contributed by atoms with Gasteiger partial charge in [-0.1, -0.05) is 12.1 Å². The van der Waals surface area contributed by atoms with Crippen LogP contribution in [-0.2, 0) is 14.2 Å². The number of amides is 1. The quantitative estimate of drug-likeness (QED) is 0.854. The lowest BCUT2D eigenvalue weighted by atomic mass is 10.0. The maximum Gasteiger partial charge on any atom is 0.254 e. The average molecular weight is 330 g/mol. The van der Waals surface area contributed by atoms with E-state index < -0.39 is 0 Å². The highest BCUT2D eigenvalue weighted by molar-refractivity contribution is 6.06. The molecule has 1 aromatic carbocycles. The van der Waals surface area contributed by atoms with E-state index in [0.717, 1.165) is 10.9 Å². The molecule has 0 aliphatic carbocycles. The highest BCUT2D eigenvalue weighted by Crippen LogP contribution is 2.23. The van der Waals surface area contributed by atoms with Crippen molar-refractivity contribution in [3.05, 3.63) is 42.1 Å². The van der Waals surface area contributed by atoms with E-state index in [4.69, 9.17) is 14.2 Å². The van der Waals surface area contributed by atoms with E-state index in [1.807, 2.05) is 30.3 Å². The maximum absolute atomic E-state index is 13.1. The Labute approximate surface area is 141 Å². The molecule has 1 aromatic heterocycles. The maximum atomic E-state index is 13.1. The van der Waals surface area contributed by atoms with E-state index in [1.165, 1.54) is 0 Å². The van der Waals surface area contributed by atoms with Crippen LogP contribution in [0.2, 0.25) is 0 Å². The van der Waals surface area contributed by atoms with Crippen LogP contribution in [0.4, 0.5) is 0 Å². The van der Waals surface area contributed by atoms with Crippen molar-refractivity contribution in [1.82, 2.24) is 9.88 Å². The van der Waals surface area contributed by atoms with Crippen LogP contribution in [-0.4, -0.2) is 68.5 Å². The standard InChI is InChI=1S/C18H22N2O4/c1-20(15-10-24-11-16(22-2)17(15)23-3)18(21)13-6-4-8-14-12(13)7-5-9-19-14/h4-9,15-17H,10-11H2,1-3H3/t15-,16-,17+/m1/s1. The van der Waals surface area contributed by atoms with Gasteiger partial charge in [-0.15, -0.1) is 0 Å². The monoisotopic (exact) mass is 330 g/mol. The summed E-state index contributed by atoms with van der Waals surface area (Å²) in [5.41, 5.74) is 1.42. The van der Waals surface area contributed by atoms with E-state index in [1.54, 1.807) is 32.4 Å². The normalized spacial score (nSPS) is 24.0. The van der Waals surface area contributed by atoms with Gasteiger partial charge in [-0.2, -0.15) is 0 Å². The number of carbonyl (C=O) groups is 1. The minimum absolute atomic E-state index is 0.0824. The average Bonchev–Trinajstić information content (AvgIpc) is 2.65. The number of benzene rings is 1. The van der Waals surface area contributed by atoms with Gasteiger partial charge in [0.05, 0.1) is 24.8 Å². The number of carbonyl (C=O) groups excluding carboxylic acids is 1. The number of nitrogens with zero attached hydrogens (tertiary/aromatic N) is 2. The first kappa shape index (κ1) is 16.8. The minimum atomic E-state index is -0.231. The molecule has 0 N–H and O–H groups in total. The Bertz CT molecular complexity index is 716. The van der Waals surface area contributed by atoms with Crippen LogP contribution in [0, 0.1) is 0 Å². The number of aromatic nitrogens is 1. The van der Waals surface area contributed by atoms with Crippen LogP contribution in [0.1, 0.15) is 10.4 Å². The minimum Gasteiger partial charge on any atom is -0.376 e. The van der Waals surface area contributed by atoms with Gasteiger partial charge < -0.3 is 19.1 Å². The van der Waals surface area contributed by atoms with Gasteiger partial charge in [0.2, 0.25) is 0 Å². The molecular weight excluding hydrogens is 308 g/mol. The van der Waals surface area contributed by atoms with Crippen LogP contribution < -0.4 is 0 Å². The summed E-state index contributed by atoms with van der Waals surface area (Å²) in [7, 11) is 5.03. The number of rotatable bonds is 4. The molecular formula is C18H22N2O4. The van der Waals surface area contributed by atoms with E-state index >= 15 is 0 Å². The Morgan fingerprint density at radius 2 is 2.04 bits per heavy atom. The van der Waals surface area contributed by atoms with Gasteiger partial charge in [0.15, 0.2) is 0 Å². The number of hydrogen-bond acceptors (Lipinski definition) is 5. The SMILES string of the molecule is CO[C@H]1[C@H](N(C)C(=O)c2cccc3ncccc23)COC[C@H]1OC. The van der Waals surface area contributed by atoms with Gasteiger partial charge in [0.25, 0.3) is 5.91 Å². The van der Waals surface area contributed by atoms with Crippen molar-refractivity contribution < 1.29 is 19.0 Å². The van der Waals surface area contributed by atoms with Gasteiger partial charge in [-0.3, -0.25) is 9.78 Å². The van der Waals surface area contributed by atoms with Gasteiger partial charge >= 0.3 is 0 Å². The molecule has 0 saturated carbocycles. The molecule has 1 fully saturated rings. The molecule has 2 aromatic rings. The van der Waals surface area contributed by atoms with Gasteiger partial charge in [-0.05, 0) is 18.2 Å². The summed E-state index contributed by atoms with van der Waals surface area (Å²) in [6.45, 7) is 0.884. The first-order chi connectivity index (χ1) is 11.7. The fraction of sp³-hybridized carbons (Fsp3) is 0.444. The number of methoxy groups -OCH3 is 2. The zero-order valence-electron chi connectivity index (χ0n) is 14.1. The van der Waals surface area contributed by atoms with Crippen LogP contribution >= 0.6 is 0 Å². The summed E-state index contributed by atoms with van der Waals surface area (Å²) in [5.74, 6) is -0.0824. The summed E-state index contributed by atoms with van der Waals surface area (Å²) < 4.78 is 16.6. The Morgan fingerprint density at radius 3 is 2.79 bits per heavy atom. The number of hydrogen-bond donors (Lipinski definition) is 0. The number of ether oxygens (including phenoxy) is 3. The molecule has 24 heavy (non-hydrogen) atoms. The number of likely N-dealkylation sites (N-methyl/N-ethyl adjacent to an activating group) is 1. The number of pyridine rings is 1. The molecule has 1 aliphatic heterocycles. The molecule has 6 nitrogen and oxygen atoms in total. The first-order valence-corrected chi connectivity index (χ1v) is 7.91. The second-order valence-corrected chi connectivity index (χ2v) is 5.87. The molecule has 3 rings (SSSR count). The molecule has 6 heteroatoms. The molecule has 2 heterocycles. The van der Waals surface area contributed by atoms with Gasteiger partial charge in [0.1, 0.15) is 12.2 Å². The largest absolute Gasteiger partial charge is 0.376 e. The van der Waals surface area contributed by atoms with Crippen molar-refractivity contribution in [1.29, 1.82) is 0 Å². The molecule has 0 unspecified atom stereocenters. The third-order valence-corrected chi connectivity index (χ3v) is 4.59. The smallest absolute Gasteiger partial charge is 0.254 e. The fourth-order valence-corrected chi connectivity index (χ4v) is 3.22. The lowest BCUT2D eigenvalue weighted by Crippen LogP contribution is -2.57. The zero-order valence-corrected chi connectivity index (χ0v) is 14.1. The Balaban J connectivity index is 1.91. The Hall–Kier alpha value is -2.02. The predicted octanol–water partition coefficient (Wildman–Crippen LogP) is 1.74. The second kappa shape index (κ2) is 7.25. The van der Waals surface area contributed by atoms with Crippen LogP contribution in [0.25, 0.3) is 10.9 Å². The van der Waals surface area contributed by atoms with Gasteiger partial charge in [-0.25, -0.2) is 0 Å². The summed E-state index contributed by atoms with van der Waals surface area (Å²) in [4.78, 5) is 19.1. The van der Waals surface area contributed by atoms with Crippen molar-refractivity contribution in [3.8, 4) is 0 Å². The summed E-state index contributed by atoms with van der Waals surface area (Å²) in [6, 6.07) is 9.10. The summed E-state index contributed by atoms with van der Waals surface area (Å²) in [5, 5.41) is 0.839. The molecule has 128 valence electrons. The highest BCUT2D eigenvalue weighted by Gasteiger charge is 2.38. The molecule has 0 radical (unpaired) electrons. The van der Waals surface area contributed by atoms with Crippen molar-refractivity contribution in [2.45, 2.75) is 18.2 Å². The lowest BCUT2D eigenvalue weighted by Gasteiger charge is -2.40. The van der Waals surface area contributed by atoms with Crippen molar-refractivity contribution >= 4 is 16.8 Å². The molecule has 1 amide bonds. The molecule has 1 saturated heterocycles. The molecule has 1 aliphatic rings. The number of fused-ring (bicyclic) bond motifs is 1. The molecule has 0 bridgehead atoms. The van der Waals surface area contributed by atoms with Crippen molar-refractivity contribution in [2.24, 2.45) is 0 Å². The van der Waals surface area contributed by atoms with Crippen molar-refractivity contribution in [2.75, 3.05) is 34.5 Å². The predicted molar refractivity (Wildman–Crippen MR) is 90.0 cm³/mol. The topological polar surface area (TPSA) is 60.9 Å². The van der Waals surface area contributed by atoms with Crippen LogP contribution in [0.5, 0.6) is 0 Å². The van der Waals surface area contributed by atoms with E-state index in [-0.39, 0.29) is 24.2 Å². The van der Waals surface area contributed by atoms with Crippen molar-refractivity contribution in [3.63, 3.8) is 0 Å². The zero-order chi connectivity index (χ0) is 17.1. The fourth-order valence-electron chi connectivity index (χ4n) is 3.22. The first-order valence-electron chi connectivity index (χ1n) is 7.91. The lowest BCUT2D eigenvalue weighted by molar-refractivity contribution is -0.147. The molecule has 3 atom stereocenters. The van der Waals surface area contributed by atoms with Crippen LogP contribution in [0.15, 0.2) is 36.5 Å². The molecule has 0 spiro atoms. The van der Waals surface area contributed by atoms with Gasteiger partial charge in [0, 0.05) is 38.4 Å². The van der Waals surface area contributed by atoms with E-state index in [2.05, 4.69) is 4.98 Å². The Morgan fingerprint density at radius 1 is 1.21 bits per heavy atom. The summed E-state index contributed by atoms with van der Waals surface area (Å²) >= 11 is 0.